The van der Waals surface area contributed by atoms with E-state index in [1.807, 2.05) is 48.6 Å². The molecule has 2 heterocycles. The number of hydrazine groups is 1. The van der Waals surface area contributed by atoms with Crippen LogP contribution in [0.25, 0.3) is 5.57 Å². The molecule has 1 saturated carbocycles. The quantitative estimate of drug-likeness (QED) is 0.102. The van der Waals surface area contributed by atoms with Gasteiger partial charge in [0, 0.05) is 11.7 Å². The summed E-state index contributed by atoms with van der Waals surface area (Å²) in [4.78, 5) is 19.7. The zero-order chi connectivity index (χ0) is 34.2. The molecular weight excluding hydrogens is 578 g/mol. The topological polar surface area (TPSA) is 47.7 Å². The third kappa shape index (κ3) is 7.84. The molecule has 0 aromatic heterocycles. The second kappa shape index (κ2) is 16.3. The summed E-state index contributed by atoms with van der Waals surface area (Å²) in [6.45, 7) is 24.2. The summed E-state index contributed by atoms with van der Waals surface area (Å²) in [5.41, 5.74) is 7.93. The molecular formula is C39H55F2N4O+. The average Bonchev–Trinajstić information content (AvgIpc) is 3.21. The van der Waals surface area contributed by atoms with Crippen molar-refractivity contribution in [2.75, 3.05) is 11.4 Å². The predicted octanol–water partition coefficient (Wildman–Crippen LogP) is 10.1. The van der Waals surface area contributed by atoms with E-state index >= 15 is 0 Å². The van der Waals surface area contributed by atoms with E-state index < -0.39 is 17.1 Å². The Kier molecular flexibility index (Phi) is 13.0. The van der Waals surface area contributed by atoms with Crippen molar-refractivity contribution in [2.45, 2.75) is 118 Å². The Morgan fingerprint density at radius 2 is 1.78 bits per heavy atom. The molecule has 1 aromatic carbocycles. The van der Waals surface area contributed by atoms with Gasteiger partial charge in [-0.05, 0) is 94.4 Å². The van der Waals surface area contributed by atoms with Crippen LogP contribution >= 0.6 is 0 Å². The molecule has 7 heteroatoms. The maximum absolute atomic E-state index is 14.4. The molecule has 2 aliphatic heterocycles. The standard InChI is InChI=1S/C32H39F2N4O.C7H16/c1-9-21-16-23(17-21)38-28-18-22(13-14-24(28)32(7,8)31(38)39)19(5)15-27-30(37(12-4)36-27)20(6)35-29(25(33)10-2)26(34)11-3;1-3-5-7-6-4-2/h10-11,13-15,18,21,23,36H,2,5,9,12,16-17H2,1,3-4,6-8H3;3-7H2,1-2H3/q+1;/b26-11+,27-15+,29-25-,35-20?;. The molecule has 1 amide bonds. The zero-order valence-electron chi connectivity index (χ0n) is 29.4. The number of fused-ring (bicyclic) bond motifs is 1. The molecule has 3 aliphatic rings. The highest BCUT2D eigenvalue weighted by Crippen LogP contribution is 2.48. The molecule has 46 heavy (non-hydrogen) atoms. The highest BCUT2D eigenvalue weighted by Gasteiger charge is 2.49. The number of nitrogens with one attached hydrogen (secondary N) is 1. The number of rotatable bonds is 13. The van der Waals surface area contributed by atoms with Gasteiger partial charge in [-0.15, -0.1) is 4.68 Å². The molecule has 0 atom stereocenters. The van der Waals surface area contributed by atoms with Crippen molar-refractivity contribution in [3.8, 4) is 0 Å². The molecule has 1 aliphatic carbocycles. The maximum atomic E-state index is 14.4. The molecule has 5 nitrogen and oxygen atoms in total. The first-order valence-electron chi connectivity index (χ1n) is 17.1. The van der Waals surface area contributed by atoms with Crippen LogP contribution in [-0.2, 0) is 10.2 Å². The fourth-order valence-corrected chi connectivity index (χ4v) is 6.28. The molecule has 1 aromatic rings. The number of allylic oxidation sites excluding steroid dienone is 7. The van der Waals surface area contributed by atoms with Crippen LogP contribution in [-0.4, -0.2) is 34.6 Å². The SMILES string of the molecule is C=C/C(F)=C(N=C(C)C1=[N+](CC)N/C1=C/C(=C)c1ccc2c(c1)N(C1CC(CC)C1)C(=O)C2(C)C)\C(F)=C/C.CCCCCCC. The van der Waals surface area contributed by atoms with E-state index in [0.717, 1.165) is 59.1 Å². The Balaban J connectivity index is 0.000000738. The van der Waals surface area contributed by atoms with Crippen molar-refractivity contribution in [1.82, 2.24) is 5.43 Å². The number of hydrogen-bond donors (Lipinski definition) is 1. The molecule has 1 fully saturated rings. The van der Waals surface area contributed by atoms with Crippen molar-refractivity contribution in [2.24, 2.45) is 10.9 Å². The summed E-state index contributed by atoms with van der Waals surface area (Å²) in [7, 11) is 0. The van der Waals surface area contributed by atoms with Crippen molar-refractivity contribution >= 4 is 28.6 Å². The minimum atomic E-state index is -0.826. The Bertz CT molecular complexity index is 1470. The second-order valence-electron chi connectivity index (χ2n) is 13.0. The molecule has 4 rings (SSSR count). The first kappa shape index (κ1) is 36.9. The van der Waals surface area contributed by atoms with E-state index in [9.17, 15) is 13.6 Å². The largest absolute Gasteiger partial charge is 0.308 e. The van der Waals surface area contributed by atoms with E-state index in [1.54, 1.807) is 6.92 Å². The monoisotopic (exact) mass is 633 g/mol. The van der Waals surface area contributed by atoms with Crippen molar-refractivity contribution in [1.29, 1.82) is 0 Å². The second-order valence-corrected chi connectivity index (χ2v) is 13.0. The Morgan fingerprint density at radius 3 is 2.33 bits per heavy atom. The smallest absolute Gasteiger partial charge is 0.279 e. The van der Waals surface area contributed by atoms with Gasteiger partial charge in [-0.1, -0.05) is 84.6 Å². The number of nitrogens with zero attached hydrogens (tertiary/aromatic N) is 3. The minimum absolute atomic E-state index is 0.156. The van der Waals surface area contributed by atoms with Gasteiger partial charge < -0.3 is 4.90 Å². The number of halogens is 2. The molecule has 250 valence electrons. The Morgan fingerprint density at radius 1 is 1.13 bits per heavy atom. The zero-order valence-corrected chi connectivity index (χ0v) is 29.4. The van der Waals surface area contributed by atoms with Crippen LogP contribution in [0, 0.1) is 5.92 Å². The molecule has 0 radical (unpaired) electrons. The highest BCUT2D eigenvalue weighted by molar-refractivity contribution is 6.46. The average molecular weight is 634 g/mol. The van der Waals surface area contributed by atoms with Crippen LogP contribution in [0.1, 0.15) is 118 Å². The lowest BCUT2D eigenvalue weighted by atomic mass is 9.77. The number of benzene rings is 1. The number of carbonyl (C=O) groups excluding carboxylic acids is 1. The number of unbranched alkanes of at least 4 members (excludes halogenated alkanes) is 4. The van der Waals surface area contributed by atoms with E-state index in [2.05, 4.69) is 50.4 Å². The van der Waals surface area contributed by atoms with Crippen LogP contribution in [0.15, 0.2) is 77.6 Å². The normalized spacial score (nSPS) is 21.9. The van der Waals surface area contributed by atoms with Gasteiger partial charge >= 0.3 is 0 Å². The number of amides is 1. The van der Waals surface area contributed by atoms with Crippen LogP contribution in [0.3, 0.4) is 0 Å². The highest BCUT2D eigenvalue weighted by atomic mass is 19.1. The molecule has 0 unspecified atom stereocenters. The van der Waals surface area contributed by atoms with E-state index in [0.29, 0.717) is 18.2 Å². The predicted molar refractivity (Wildman–Crippen MR) is 191 cm³/mol. The van der Waals surface area contributed by atoms with Crippen LogP contribution in [0.5, 0.6) is 0 Å². The summed E-state index contributed by atoms with van der Waals surface area (Å²) in [6.07, 6.45) is 14.3. The number of aliphatic imine (C=N–C) groups is 1. The number of hydrazone groups is 1. The summed E-state index contributed by atoms with van der Waals surface area (Å²) < 4.78 is 30.5. The van der Waals surface area contributed by atoms with Crippen LogP contribution < -0.4 is 10.3 Å². The fourth-order valence-electron chi connectivity index (χ4n) is 6.28. The van der Waals surface area contributed by atoms with Crippen molar-refractivity contribution in [3.05, 3.63) is 83.8 Å². The fraction of sp³-hybridized carbons (Fsp3) is 0.513. The Labute approximate surface area is 276 Å². The molecule has 0 spiro atoms. The summed E-state index contributed by atoms with van der Waals surface area (Å²) in [6, 6.07) is 6.36. The van der Waals surface area contributed by atoms with E-state index in [4.69, 9.17) is 0 Å². The summed E-state index contributed by atoms with van der Waals surface area (Å²) in [5, 5.41) is 0. The first-order valence-corrected chi connectivity index (χ1v) is 17.1. The summed E-state index contributed by atoms with van der Waals surface area (Å²) in [5.74, 6) is -0.745. The first-order chi connectivity index (χ1) is 21.9. The van der Waals surface area contributed by atoms with Crippen LogP contribution in [0.2, 0.25) is 0 Å². The van der Waals surface area contributed by atoms with Gasteiger partial charge in [-0.3, -0.25) is 4.79 Å². The van der Waals surface area contributed by atoms with E-state index in [-0.39, 0.29) is 17.6 Å². The molecule has 0 saturated heterocycles. The lowest BCUT2D eigenvalue weighted by Gasteiger charge is -2.41. The minimum Gasteiger partial charge on any atom is -0.308 e. The Hall–Kier alpha value is -3.61. The number of carbonyl (C=O) groups is 1. The third-order valence-corrected chi connectivity index (χ3v) is 9.34. The number of hydrogen-bond acceptors (Lipinski definition) is 3. The van der Waals surface area contributed by atoms with Gasteiger partial charge in [-0.2, -0.15) is 5.43 Å². The summed E-state index contributed by atoms with van der Waals surface area (Å²) >= 11 is 0. The van der Waals surface area contributed by atoms with E-state index in [1.165, 1.54) is 45.1 Å². The van der Waals surface area contributed by atoms with Gasteiger partial charge in [0.1, 0.15) is 17.2 Å². The molecule has 1 N–H and O–H groups in total. The van der Waals surface area contributed by atoms with Gasteiger partial charge in [0.2, 0.25) is 5.91 Å². The third-order valence-electron chi connectivity index (χ3n) is 9.34. The van der Waals surface area contributed by atoms with Gasteiger partial charge in [0.25, 0.3) is 5.71 Å². The van der Waals surface area contributed by atoms with Crippen LogP contribution in [0.4, 0.5) is 14.5 Å². The van der Waals surface area contributed by atoms with Gasteiger partial charge in [0.15, 0.2) is 18.1 Å². The number of anilines is 1. The van der Waals surface area contributed by atoms with Gasteiger partial charge in [0.05, 0.1) is 5.41 Å². The van der Waals surface area contributed by atoms with Gasteiger partial charge in [-0.25, -0.2) is 13.8 Å². The lowest BCUT2D eigenvalue weighted by molar-refractivity contribution is -0.594. The molecule has 0 bridgehead atoms. The van der Waals surface area contributed by atoms with Crippen molar-refractivity contribution < 1.29 is 18.3 Å². The van der Waals surface area contributed by atoms with Crippen molar-refractivity contribution in [3.63, 3.8) is 0 Å². The lowest BCUT2D eigenvalue weighted by Crippen LogP contribution is -2.51. The maximum Gasteiger partial charge on any atom is 0.279 e.